The lowest BCUT2D eigenvalue weighted by Gasteiger charge is -2.29. The van der Waals surface area contributed by atoms with Crippen LogP contribution in [0, 0.1) is 11.6 Å². The van der Waals surface area contributed by atoms with E-state index < -0.39 is 11.6 Å². The van der Waals surface area contributed by atoms with Gasteiger partial charge in [0.15, 0.2) is 11.6 Å². The molecule has 88 valence electrons. The standard InChI is InChI=1S/C12H14BrF2N/c13-10-8(3-4-9(14)11(10)15)12(7-16)5-1-2-6-12/h3-4H,1-2,5-7,16H2. The average molecular weight is 290 g/mol. The molecule has 4 heteroatoms. The minimum atomic E-state index is -0.819. The molecular weight excluding hydrogens is 276 g/mol. The Bertz CT molecular complexity index is 400. The van der Waals surface area contributed by atoms with E-state index in [0.29, 0.717) is 6.54 Å². The molecule has 0 amide bonds. The van der Waals surface area contributed by atoms with Gasteiger partial charge in [0.2, 0.25) is 0 Å². The SMILES string of the molecule is NCC1(c2ccc(F)c(F)c2Br)CCCC1. The number of benzene rings is 1. The summed E-state index contributed by atoms with van der Waals surface area (Å²) in [5.41, 5.74) is 6.46. The van der Waals surface area contributed by atoms with Gasteiger partial charge < -0.3 is 5.73 Å². The van der Waals surface area contributed by atoms with Crippen molar-refractivity contribution in [3.63, 3.8) is 0 Å². The molecule has 0 bridgehead atoms. The molecule has 16 heavy (non-hydrogen) atoms. The predicted molar refractivity (Wildman–Crippen MR) is 63.3 cm³/mol. The molecule has 1 aliphatic rings. The van der Waals surface area contributed by atoms with Gasteiger partial charge in [-0.05, 0) is 40.4 Å². The zero-order valence-corrected chi connectivity index (χ0v) is 10.5. The zero-order valence-electron chi connectivity index (χ0n) is 8.90. The van der Waals surface area contributed by atoms with Crippen LogP contribution in [0.4, 0.5) is 8.78 Å². The van der Waals surface area contributed by atoms with Crippen LogP contribution in [0.3, 0.4) is 0 Å². The molecule has 0 unspecified atom stereocenters. The van der Waals surface area contributed by atoms with Crippen LogP contribution < -0.4 is 5.73 Å². The van der Waals surface area contributed by atoms with Gasteiger partial charge in [-0.2, -0.15) is 0 Å². The highest BCUT2D eigenvalue weighted by Crippen LogP contribution is 2.43. The molecule has 0 spiro atoms. The fourth-order valence-corrected chi connectivity index (χ4v) is 3.31. The monoisotopic (exact) mass is 289 g/mol. The molecule has 1 saturated carbocycles. The van der Waals surface area contributed by atoms with E-state index in [2.05, 4.69) is 15.9 Å². The first-order chi connectivity index (χ1) is 7.60. The molecule has 0 radical (unpaired) electrons. The fraction of sp³-hybridized carbons (Fsp3) is 0.500. The fourth-order valence-electron chi connectivity index (χ4n) is 2.57. The maximum absolute atomic E-state index is 13.5. The van der Waals surface area contributed by atoms with E-state index in [9.17, 15) is 8.78 Å². The first-order valence-electron chi connectivity index (χ1n) is 5.45. The summed E-state index contributed by atoms with van der Waals surface area (Å²) in [5, 5.41) is 0. The van der Waals surface area contributed by atoms with Crippen molar-refractivity contribution in [2.24, 2.45) is 5.73 Å². The van der Waals surface area contributed by atoms with Crippen LogP contribution in [0.25, 0.3) is 0 Å². The topological polar surface area (TPSA) is 26.0 Å². The summed E-state index contributed by atoms with van der Waals surface area (Å²) >= 11 is 3.15. The molecule has 0 atom stereocenters. The summed E-state index contributed by atoms with van der Waals surface area (Å²) in [6.45, 7) is 0.483. The Kier molecular flexibility index (Phi) is 3.31. The highest BCUT2D eigenvalue weighted by Gasteiger charge is 2.36. The van der Waals surface area contributed by atoms with E-state index in [-0.39, 0.29) is 9.89 Å². The molecule has 1 aliphatic carbocycles. The predicted octanol–water partition coefficient (Wildman–Crippen LogP) is 3.50. The molecule has 2 N–H and O–H groups in total. The van der Waals surface area contributed by atoms with Crippen molar-refractivity contribution in [2.45, 2.75) is 31.1 Å². The van der Waals surface area contributed by atoms with E-state index in [0.717, 1.165) is 31.2 Å². The Morgan fingerprint density at radius 2 is 1.88 bits per heavy atom. The Morgan fingerprint density at radius 3 is 2.44 bits per heavy atom. The van der Waals surface area contributed by atoms with Gasteiger partial charge in [-0.25, -0.2) is 8.78 Å². The lowest BCUT2D eigenvalue weighted by atomic mass is 9.79. The van der Waals surface area contributed by atoms with Crippen LogP contribution in [-0.4, -0.2) is 6.54 Å². The maximum atomic E-state index is 13.5. The Balaban J connectivity index is 2.51. The third kappa shape index (κ3) is 1.78. The molecule has 0 saturated heterocycles. The smallest absolute Gasteiger partial charge is 0.173 e. The second-order valence-corrected chi connectivity index (χ2v) is 5.21. The van der Waals surface area contributed by atoms with Gasteiger partial charge in [0.05, 0.1) is 4.47 Å². The van der Waals surface area contributed by atoms with Gasteiger partial charge in [0, 0.05) is 12.0 Å². The van der Waals surface area contributed by atoms with Crippen LogP contribution in [-0.2, 0) is 5.41 Å². The number of hydrogen-bond acceptors (Lipinski definition) is 1. The van der Waals surface area contributed by atoms with Crippen LogP contribution in [0.15, 0.2) is 16.6 Å². The highest BCUT2D eigenvalue weighted by atomic mass is 79.9. The maximum Gasteiger partial charge on any atom is 0.173 e. The second-order valence-electron chi connectivity index (χ2n) is 4.41. The van der Waals surface area contributed by atoms with Crippen molar-refractivity contribution < 1.29 is 8.78 Å². The van der Waals surface area contributed by atoms with Crippen molar-refractivity contribution >= 4 is 15.9 Å². The average Bonchev–Trinajstić information content (AvgIpc) is 2.76. The first-order valence-corrected chi connectivity index (χ1v) is 6.24. The van der Waals surface area contributed by atoms with Crippen molar-refractivity contribution in [1.82, 2.24) is 0 Å². The molecule has 1 fully saturated rings. The normalized spacial score (nSPS) is 19.0. The molecular formula is C12H14BrF2N. The summed E-state index contributed by atoms with van der Waals surface area (Å²) in [5.74, 6) is -1.63. The Hall–Kier alpha value is -0.480. The van der Waals surface area contributed by atoms with Crippen LogP contribution >= 0.6 is 15.9 Å². The molecule has 1 aromatic carbocycles. The van der Waals surface area contributed by atoms with Gasteiger partial charge in [0.1, 0.15) is 0 Å². The minimum Gasteiger partial charge on any atom is -0.330 e. The largest absolute Gasteiger partial charge is 0.330 e. The van der Waals surface area contributed by atoms with Crippen LogP contribution in [0.5, 0.6) is 0 Å². The van der Waals surface area contributed by atoms with Crippen LogP contribution in [0.2, 0.25) is 0 Å². The quantitative estimate of drug-likeness (QED) is 0.829. The minimum absolute atomic E-state index is 0.173. The highest BCUT2D eigenvalue weighted by molar-refractivity contribution is 9.10. The summed E-state index contributed by atoms with van der Waals surface area (Å²) in [7, 11) is 0. The number of hydrogen-bond donors (Lipinski definition) is 1. The summed E-state index contributed by atoms with van der Waals surface area (Å²) < 4.78 is 26.8. The summed E-state index contributed by atoms with van der Waals surface area (Å²) in [6, 6.07) is 2.84. The molecule has 0 aromatic heterocycles. The van der Waals surface area contributed by atoms with Gasteiger partial charge in [-0.1, -0.05) is 18.9 Å². The first kappa shape index (κ1) is 12.0. The third-order valence-corrected chi connectivity index (χ3v) is 4.33. The lowest BCUT2D eigenvalue weighted by molar-refractivity contribution is 0.438. The van der Waals surface area contributed by atoms with Gasteiger partial charge >= 0.3 is 0 Å². The van der Waals surface area contributed by atoms with Gasteiger partial charge in [-0.15, -0.1) is 0 Å². The van der Waals surface area contributed by atoms with E-state index in [1.807, 2.05) is 0 Å². The number of nitrogens with two attached hydrogens (primary N) is 1. The molecule has 1 nitrogen and oxygen atoms in total. The molecule has 2 rings (SSSR count). The number of rotatable bonds is 2. The number of halogens is 3. The van der Waals surface area contributed by atoms with Crippen LogP contribution in [0.1, 0.15) is 31.2 Å². The van der Waals surface area contributed by atoms with Crippen molar-refractivity contribution in [3.8, 4) is 0 Å². The third-order valence-electron chi connectivity index (χ3n) is 3.56. The van der Waals surface area contributed by atoms with E-state index in [1.54, 1.807) is 6.07 Å². The zero-order chi connectivity index (χ0) is 11.8. The lowest BCUT2D eigenvalue weighted by Crippen LogP contribution is -2.32. The van der Waals surface area contributed by atoms with Crippen molar-refractivity contribution in [1.29, 1.82) is 0 Å². The van der Waals surface area contributed by atoms with Gasteiger partial charge in [0.25, 0.3) is 0 Å². The van der Waals surface area contributed by atoms with Gasteiger partial charge in [-0.3, -0.25) is 0 Å². The van der Waals surface area contributed by atoms with E-state index >= 15 is 0 Å². The Morgan fingerprint density at radius 1 is 1.25 bits per heavy atom. The van der Waals surface area contributed by atoms with E-state index in [4.69, 9.17) is 5.73 Å². The van der Waals surface area contributed by atoms with E-state index in [1.165, 1.54) is 6.07 Å². The van der Waals surface area contributed by atoms with Crippen molar-refractivity contribution in [2.75, 3.05) is 6.54 Å². The Labute approximate surface area is 102 Å². The summed E-state index contributed by atoms with van der Waals surface area (Å²) in [4.78, 5) is 0. The molecule has 1 aromatic rings. The van der Waals surface area contributed by atoms with Crippen molar-refractivity contribution in [3.05, 3.63) is 33.8 Å². The molecule has 0 heterocycles. The molecule has 0 aliphatic heterocycles. The second kappa shape index (κ2) is 4.41. The summed E-state index contributed by atoms with van der Waals surface area (Å²) in [6.07, 6.45) is 4.10.